The van der Waals surface area contributed by atoms with Gasteiger partial charge in [-0.2, -0.15) is 0 Å². The van der Waals surface area contributed by atoms with E-state index in [1.54, 1.807) is 38.1 Å². The smallest absolute Gasteiger partial charge is 0.407 e. The number of likely N-dealkylation sites (tertiary alicyclic amines) is 2. The number of rotatable bonds is 11. The van der Waals surface area contributed by atoms with Crippen molar-refractivity contribution in [1.29, 1.82) is 0 Å². The Morgan fingerprint density at radius 2 is 1.39 bits per heavy atom. The van der Waals surface area contributed by atoms with E-state index < -0.39 is 54.7 Å². The molecule has 2 aromatic heterocycles. The van der Waals surface area contributed by atoms with E-state index in [1.807, 2.05) is 62.4 Å². The lowest BCUT2D eigenvalue weighted by Crippen LogP contribution is -2.53. The number of carbonyl (C=O) groups excluding carboxylic acids is 4. The van der Waals surface area contributed by atoms with Crippen molar-refractivity contribution in [2.45, 2.75) is 83.5 Å². The number of H-pyrrole nitrogens is 2. The Morgan fingerprint density at radius 3 is 1.88 bits per heavy atom. The molecule has 5 N–H and O–H groups in total. The average Bonchev–Trinajstić information content (AvgIpc) is 3.99. The van der Waals surface area contributed by atoms with Gasteiger partial charge in [0.15, 0.2) is 5.60 Å². The molecule has 0 bridgehead atoms. The number of methoxy groups -OCH3 is 1. The number of nitrogens with one attached hydrogen (secondary N) is 3. The molecular weight excluding hydrogens is 726 g/mol. The van der Waals surface area contributed by atoms with E-state index in [2.05, 4.69) is 30.0 Å². The average molecular weight is 775 g/mol. The minimum Gasteiger partial charge on any atom is -0.453 e. The van der Waals surface area contributed by atoms with Gasteiger partial charge in [0.25, 0.3) is 11.8 Å². The first-order valence-corrected chi connectivity index (χ1v) is 18.6. The zero-order valence-corrected chi connectivity index (χ0v) is 32.3. The van der Waals surface area contributed by atoms with Crippen LogP contribution in [0, 0.1) is 11.8 Å². The lowest BCUT2D eigenvalue weighted by Gasteiger charge is -2.36. The SMILES string of the molecule is COC(=O)N[C@H](C(=O)N1CC(F)(F)C[C@H]1c1ncc(-c2ccc(-c3ccc(-c4cnc([C@@H]5CCCN5C(=O)[C@@](C)(OC(N)=O)C(C)C)[nH]4)cc3)cc2)[nH]1)C(C)C. The van der Waals surface area contributed by atoms with E-state index in [1.165, 1.54) is 7.11 Å². The second-order valence-electron chi connectivity index (χ2n) is 15.3. The van der Waals surface area contributed by atoms with Gasteiger partial charge in [-0.3, -0.25) is 9.59 Å². The summed E-state index contributed by atoms with van der Waals surface area (Å²) in [5.41, 5.74) is 8.89. The van der Waals surface area contributed by atoms with E-state index in [0.717, 1.165) is 39.3 Å². The monoisotopic (exact) mass is 774 g/mol. The van der Waals surface area contributed by atoms with Crippen molar-refractivity contribution in [1.82, 2.24) is 35.1 Å². The summed E-state index contributed by atoms with van der Waals surface area (Å²) in [5, 5.41) is 2.47. The molecule has 16 heteroatoms. The predicted octanol–water partition coefficient (Wildman–Crippen LogP) is 6.60. The standard InChI is InChI=1S/C40H48F2N8O6/c1-22(2)32(48-38(54)55-6)35(51)50-21-40(41,42)18-31(50)34-45-20-29(47-34)27-15-11-25(12-16-27)24-9-13-26(14-10-24)28-19-44-33(46-28)30-8-7-17-49(30)36(52)39(5,23(3)4)56-37(43)53/h9-16,19-20,22-23,30-32H,7-8,17-18,21H2,1-6H3,(H2,43,53)(H,44,46)(H,45,47)(H,48,54)/t30-,31-,32-,39-/m0/s1. The van der Waals surface area contributed by atoms with Crippen LogP contribution in [0.25, 0.3) is 33.6 Å². The molecule has 4 atom stereocenters. The first-order chi connectivity index (χ1) is 26.5. The number of benzene rings is 2. The second-order valence-corrected chi connectivity index (χ2v) is 15.3. The zero-order valence-electron chi connectivity index (χ0n) is 32.3. The minimum absolute atomic E-state index is 0.228. The largest absolute Gasteiger partial charge is 0.453 e. The Bertz CT molecular complexity index is 2060. The molecule has 0 spiro atoms. The van der Waals surface area contributed by atoms with Gasteiger partial charge in [-0.15, -0.1) is 0 Å². The zero-order chi connectivity index (χ0) is 40.5. The highest BCUT2D eigenvalue weighted by atomic mass is 19.3. The Balaban J connectivity index is 1.14. The summed E-state index contributed by atoms with van der Waals surface area (Å²) < 4.78 is 39.5. The van der Waals surface area contributed by atoms with Crippen molar-refractivity contribution in [2.75, 3.05) is 20.2 Å². The van der Waals surface area contributed by atoms with Crippen LogP contribution in [-0.4, -0.2) is 91.5 Å². The molecule has 6 rings (SSSR count). The number of alkyl halides is 2. The van der Waals surface area contributed by atoms with Crippen molar-refractivity contribution in [3.8, 4) is 33.6 Å². The molecule has 0 unspecified atom stereocenters. The number of nitrogens with zero attached hydrogens (tertiary/aromatic N) is 4. The number of hydrogen-bond donors (Lipinski definition) is 4. The summed E-state index contributed by atoms with van der Waals surface area (Å²) in [6.45, 7) is 8.36. The maximum absolute atomic E-state index is 14.8. The molecule has 2 aliphatic heterocycles. The van der Waals surface area contributed by atoms with Crippen LogP contribution < -0.4 is 11.1 Å². The Morgan fingerprint density at radius 1 is 0.875 bits per heavy atom. The van der Waals surface area contributed by atoms with E-state index >= 15 is 0 Å². The maximum atomic E-state index is 14.8. The van der Waals surface area contributed by atoms with Gasteiger partial charge in [0.2, 0.25) is 5.91 Å². The van der Waals surface area contributed by atoms with E-state index in [0.29, 0.717) is 24.5 Å². The fourth-order valence-corrected chi connectivity index (χ4v) is 7.36. The summed E-state index contributed by atoms with van der Waals surface area (Å²) in [6, 6.07) is 13.3. The summed E-state index contributed by atoms with van der Waals surface area (Å²) in [7, 11) is 1.17. The number of primary amides is 1. The first kappa shape index (κ1) is 39.9. The van der Waals surface area contributed by atoms with Crippen molar-refractivity contribution in [3.63, 3.8) is 0 Å². The van der Waals surface area contributed by atoms with Crippen LogP contribution in [0.4, 0.5) is 18.4 Å². The van der Waals surface area contributed by atoms with Gasteiger partial charge in [-0.25, -0.2) is 28.3 Å². The third-order valence-corrected chi connectivity index (χ3v) is 10.8. The van der Waals surface area contributed by atoms with Crippen LogP contribution in [0.3, 0.4) is 0 Å². The molecule has 56 heavy (non-hydrogen) atoms. The van der Waals surface area contributed by atoms with Crippen molar-refractivity contribution < 1.29 is 37.4 Å². The number of halogens is 2. The van der Waals surface area contributed by atoms with Gasteiger partial charge in [-0.1, -0.05) is 76.2 Å². The molecule has 2 saturated heterocycles. The fourth-order valence-electron chi connectivity index (χ4n) is 7.36. The molecule has 4 amide bonds. The summed E-state index contributed by atoms with van der Waals surface area (Å²) in [6.07, 6.45) is 2.37. The number of hydrogen-bond acceptors (Lipinski definition) is 8. The number of nitrogens with two attached hydrogens (primary N) is 1. The molecule has 2 fully saturated rings. The number of imidazole rings is 2. The van der Waals surface area contributed by atoms with Crippen LogP contribution in [-0.2, 0) is 19.1 Å². The van der Waals surface area contributed by atoms with Gasteiger partial charge in [0.1, 0.15) is 17.7 Å². The van der Waals surface area contributed by atoms with Crippen LogP contribution in [0.5, 0.6) is 0 Å². The summed E-state index contributed by atoms with van der Waals surface area (Å²) in [5.74, 6) is -3.86. The fraction of sp³-hybridized carbons (Fsp3) is 0.450. The van der Waals surface area contributed by atoms with Crippen molar-refractivity contribution >= 4 is 24.0 Å². The molecule has 2 aromatic carbocycles. The number of amides is 4. The van der Waals surface area contributed by atoms with Crippen LogP contribution in [0.2, 0.25) is 0 Å². The number of alkyl carbamates (subject to hydrolysis) is 1. The lowest BCUT2D eigenvalue weighted by molar-refractivity contribution is -0.155. The van der Waals surface area contributed by atoms with Gasteiger partial charge < -0.3 is 40.3 Å². The van der Waals surface area contributed by atoms with Crippen LogP contribution in [0.1, 0.15) is 77.6 Å². The quantitative estimate of drug-likeness (QED) is 0.131. The highest BCUT2D eigenvalue weighted by Gasteiger charge is 2.50. The first-order valence-electron chi connectivity index (χ1n) is 18.6. The molecule has 0 saturated carbocycles. The third-order valence-electron chi connectivity index (χ3n) is 10.8. The Labute approximate surface area is 323 Å². The topological polar surface area (TPSA) is 189 Å². The van der Waals surface area contributed by atoms with Crippen LogP contribution in [0.15, 0.2) is 60.9 Å². The number of carbonyl (C=O) groups is 4. The van der Waals surface area contributed by atoms with Gasteiger partial charge >= 0.3 is 12.2 Å². The minimum atomic E-state index is -3.13. The van der Waals surface area contributed by atoms with Gasteiger partial charge in [-0.05, 0) is 47.9 Å². The highest BCUT2D eigenvalue weighted by Crippen LogP contribution is 2.41. The van der Waals surface area contributed by atoms with Crippen LogP contribution >= 0.6 is 0 Å². The molecule has 0 aliphatic carbocycles. The Kier molecular flexibility index (Phi) is 11.2. The predicted molar refractivity (Wildman–Crippen MR) is 203 cm³/mol. The molecule has 0 radical (unpaired) electrons. The van der Waals surface area contributed by atoms with E-state index in [4.69, 9.17) is 10.5 Å². The molecule has 298 valence electrons. The van der Waals surface area contributed by atoms with Crippen molar-refractivity contribution in [2.24, 2.45) is 17.6 Å². The Hall–Kier alpha value is -5.80. The summed E-state index contributed by atoms with van der Waals surface area (Å²) >= 11 is 0. The van der Waals surface area contributed by atoms with Gasteiger partial charge in [0, 0.05) is 18.9 Å². The maximum Gasteiger partial charge on any atom is 0.407 e. The molecule has 4 heterocycles. The second kappa shape index (κ2) is 15.7. The normalized spacial score (nSPS) is 19.5. The number of ether oxygens (including phenoxy) is 2. The van der Waals surface area contributed by atoms with E-state index in [-0.39, 0.29) is 29.6 Å². The van der Waals surface area contributed by atoms with Crippen molar-refractivity contribution in [3.05, 3.63) is 72.6 Å². The third kappa shape index (κ3) is 8.09. The lowest BCUT2D eigenvalue weighted by atomic mass is 9.90. The van der Waals surface area contributed by atoms with Gasteiger partial charge in [0.05, 0.1) is 49.5 Å². The highest BCUT2D eigenvalue weighted by molar-refractivity contribution is 5.88. The molecular formula is C40H48F2N8O6. The number of aromatic amines is 2. The summed E-state index contributed by atoms with van der Waals surface area (Å²) in [4.78, 5) is 69.0. The number of aromatic nitrogens is 4. The molecule has 2 aliphatic rings. The molecule has 4 aromatic rings. The van der Waals surface area contributed by atoms with E-state index in [9.17, 15) is 28.0 Å². The molecule has 14 nitrogen and oxygen atoms in total.